The minimum Gasteiger partial charge on any atom is -0.510 e. The number of hydrogen-bond acceptors (Lipinski definition) is 10. The average Bonchev–Trinajstić information content (AvgIpc) is 2.87. The van der Waals surface area contributed by atoms with Crippen molar-refractivity contribution >= 4 is 23.2 Å². The number of amides is 1. The van der Waals surface area contributed by atoms with Gasteiger partial charge >= 0.3 is 0 Å². The van der Waals surface area contributed by atoms with E-state index in [0.717, 1.165) is 38.0 Å². The molecule has 0 bridgehead atoms. The number of rotatable bonds is 5. The number of aliphatic hydroxyl groups is 3. The van der Waals surface area contributed by atoms with E-state index in [1.54, 1.807) is 19.0 Å². The Morgan fingerprint density at radius 1 is 1.10 bits per heavy atom. The molecule has 0 aromatic heterocycles. The third kappa shape index (κ3) is 4.02. The molecule has 1 aromatic rings. The van der Waals surface area contributed by atoms with Crippen molar-refractivity contribution in [3.63, 3.8) is 0 Å². The predicted molar refractivity (Wildman–Crippen MR) is 147 cm³/mol. The molecule has 1 fully saturated rings. The summed E-state index contributed by atoms with van der Waals surface area (Å²) >= 11 is 0. The first-order valence-corrected chi connectivity index (χ1v) is 13.7. The molecule has 11 heteroatoms. The Labute approximate surface area is 233 Å². The summed E-state index contributed by atoms with van der Waals surface area (Å²) in [5.41, 5.74) is 3.85. The van der Waals surface area contributed by atoms with Gasteiger partial charge in [0.25, 0.3) is 5.91 Å². The minimum atomic E-state index is -2.64. The molecule has 11 nitrogen and oxygen atoms in total. The predicted octanol–water partition coefficient (Wildman–Crippen LogP) is 1.17. The molecule has 0 spiro atoms. The van der Waals surface area contributed by atoms with Crippen molar-refractivity contribution in [2.45, 2.75) is 50.3 Å². The van der Waals surface area contributed by atoms with E-state index in [4.69, 9.17) is 5.73 Å². The van der Waals surface area contributed by atoms with Gasteiger partial charge in [0.1, 0.15) is 22.8 Å². The van der Waals surface area contributed by atoms with Gasteiger partial charge in [0.05, 0.1) is 11.6 Å². The molecular formula is C29H38N4O7. The molecule has 1 aromatic carbocycles. The topological polar surface area (TPSA) is 168 Å². The third-order valence-electron chi connectivity index (χ3n) is 9.10. The number of carbonyl (C=O) groups excluding carboxylic acids is 3. The fourth-order valence-corrected chi connectivity index (χ4v) is 7.23. The van der Waals surface area contributed by atoms with Crippen LogP contribution in [0.5, 0.6) is 5.75 Å². The second-order valence-electron chi connectivity index (χ2n) is 12.0. The molecule has 5 rings (SSSR count). The van der Waals surface area contributed by atoms with E-state index < -0.39 is 58.0 Å². The van der Waals surface area contributed by atoms with E-state index in [0.29, 0.717) is 17.7 Å². The smallest absolute Gasteiger partial charge is 0.255 e. The van der Waals surface area contributed by atoms with E-state index in [1.165, 1.54) is 0 Å². The maximum absolute atomic E-state index is 14.1. The van der Waals surface area contributed by atoms with Crippen molar-refractivity contribution in [1.82, 2.24) is 9.80 Å². The number of likely N-dealkylation sites (N-methyl/N-ethyl adjacent to an activating group) is 1. The fraction of sp³-hybridized carbons (Fsp3) is 0.552. The van der Waals surface area contributed by atoms with Crippen molar-refractivity contribution in [3.05, 3.63) is 45.4 Å². The van der Waals surface area contributed by atoms with Crippen LogP contribution < -0.4 is 10.6 Å². The highest BCUT2D eigenvalue weighted by molar-refractivity contribution is 6.24. The van der Waals surface area contributed by atoms with Crippen LogP contribution >= 0.6 is 0 Å². The van der Waals surface area contributed by atoms with Gasteiger partial charge in [-0.15, -0.1) is 0 Å². The number of benzene rings is 1. The summed E-state index contributed by atoms with van der Waals surface area (Å²) in [7, 11) is 6.94. The Bertz CT molecular complexity index is 1360. The number of ketones is 2. The van der Waals surface area contributed by atoms with Crippen molar-refractivity contribution in [2.75, 3.05) is 46.2 Å². The van der Waals surface area contributed by atoms with Crippen LogP contribution in [0.1, 0.15) is 47.2 Å². The lowest BCUT2D eigenvalue weighted by atomic mass is 9.58. The van der Waals surface area contributed by atoms with Gasteiger partial charge in [-0.05, 0) is 70.4 Å². The first-order chi connectivity index (χ1) is 18.8. The summed E-state index contributed by atoms with van der Waals surface area (Å²) in [4.78, 5) is 45.4. The van der Waals surface area contributed by atoms with Gasteiger partial charge in [-0.1, -0.05) is 6.42 Å². The number of likely N-dealkylation sites (tertiary alicyclic amines) is 1. The average molecular weight is 555 g/mol. The van der Waals surface area contributed by atoms with Gasteiger partial charge in [0.2, 0.25) is 5.78 Å². The summed E-state index contributed by atoms with van der Waals surface area (Å²) < 4.78 is 0. The molecule has 1 heterocycles. The van der Waals surface area contributed by atoms with Gasteiger partial charge in [-0.3, -0.25) is 24.2 Å². The molecule has 1 saturated heterocycles. The Hall–Kier alpha value is -3.41. The maximum Gasteiger partial charge on any atom is 0.255 e. The van der Waals surface area contributed by atoms with Crippen LogP contribution in [0.2, 0.25) is 0 Å². The second kappa shape index (κ2) is 9.90. The van der Waals surface area contributed by atoms with Crippen molar-refractivity contribution in [2.24, 2.45) is 17.6 Å². The number of Topliss-reactive ketones (excluding diaryl/α,β-unsaturated/α-hetero) is 2. The van der Waals surface area contributed by atoms with Gasteiger partial charge in [-0.2, -0.15) is 0 Å². The zero-order valence-corrected chi connectivity index (χ0v) is 23.4. The summed E-state index contributed by atoms with van der Waals surface area (Å²) in [5.74, 6) is -6.38. The van der Waals surface area contributed by atoms with Gasteiger partial charge in [-0.25, -0.2) is 0 Å². The molecule has 1 aliphatic heterocycles. The van der Waals surface area contributed by atoms with Crippen molar-refractivity contribution in [1.29, 1.82) is 0 Å². The molecule has 3 aliphatic carbocycles. The normalized spacial score (nSPS) is 28.9. The lowest BCUT2D eigenvalue weighted by Gasteiger charge is -2.50. The Morgan fingerprint density at radius 3 is 2.33 bits per heavy atom. The van der Waals surface area contributed by atoms with E-state index >= 15 is 0 Å². The number of piperidine rings is 1. The minimum absolute atomic E-state index is 0.0546. The first-order valence-electron chi connectivity index (χ1n) is 13.7. The molecule has 4 atom stereocenters. The number of phenolic OH excluding ortho intramolecular Hbond substituents is 1. The standard InChI is InChI=1S/C29H38N4O7/c1-31(2)18-12-15(13-33-8-6-5-7-9-33)23(34)20-16(18)10-14-11-17-22(32(3)4)25(36)21(28(30)39)27(38)29(17,40)26(37)19(14)24(20)35/h12,14,17,22,34,36-37,40H,5-11,13H2,1-4H3,(H2,30,39)/t14-,17+,22-,29-/m0/s1. The number of phenols is 1. The highest BCUT2D eigenvalue weighted by Gasteiger charge is 2.63. The van der Waals surface area contributed by atoms with E-state index in [2.05, 4.69) is 4.90 Å². The number of aromatic hydroxyl groups is 1. The molecular weight excluding hydrogens is 516 g/mol. The van der Waals surface area contributed by atoms with E-state index in [-0.39, 0.29) is 29.7 Å². The monoisotopic (exact) mass is 554 g/mol. The quantitative estimate of drug-likeness (QED) is 0.333. The molecule has 40 heavy (non-hydrogen) atoms. The second-order valence-corrected chi connectivity index (χ2v) is 12.0. The summed E-state index contributed by atoms with van der Waals surface area (Å²) in [6.45, 7) is 2.24. The van der Waals surface area contributed by atoms with Crippen LogP contribution in [-0.2, 0) is 22.6 Å². The third-order valence-corrected chi connectivity index (χ3v) is 9.10. The summed E-state index contributed by atoms with van der Waals surface area (Å²) in [6.07, 6.45) is 3.61. The highest BCUT2D eigenvalue weighted by atomic mass is 16.3. The van der Waals surface area contributed by atoms with E-state index in [1.807, 2.05) is 25.1 Å². The number of aliphatic hydroxyl groups excluding tert-OH is 2. The zero-order chi connectivity index (χ0) is 29.3. The van der Waals surface area contributed by atoms with Gasteiger partial charge < -0.3 is 31.1 Å². The fourth-order valence-electron chi connectivity index (χ4n) is 7.23. The number of anilines is 1. The summed E-state index contributed by atoms with van der Waals surface area (Å²) in [5, 5.41) is 45.7. The summed E-state index contributed by atoms with van der Waals surface area (Å²) in [6, 6.07) is 0.892. The van der Waals surface area contributed by atoms with Crippen LogP contribution in [-0.4, -0.2) is 101 Å². The van der Waals surface area contributed by atoms with Crippen LogP contribution in [0.3, 0.4) is 0 Å². The highest BCUT2D eigenvalue weighted by Crippen LogP contribution is 2.53. The molecule has 0 radical (unpaired) electrons. The lowest BCUT2D eigenvalue weighted by Crippen LogP contribution is -2.63. The zero-order valence-electron chi connectivity index (χ0n) is 23.4. The number of nitrogens with zero attached hydrogens (tertiary/aromatic N) is 3. The number of carbonyl (C=O) groups is 3. The Morgan fingerprint density at radius 2 is 1.75 bits per heavy atom. The van der Waals surface area contributed by atoms with E-state index in [9.17, 15) is 34.8 Å². The number of fused-ring (bicyclic) bond motifs is 3. The molecule has 0 unspecified atom stereocenters. The molecule has 4 aliphatic rings. The van der Waals surface area contributed by atoms with Gasteiger partial charge in [0.15, 0.2) is 11.4 Å². The van der Waals surface area contributed by atoms with Crippen molar-refractivity contribution in [3.8, 4) is 5.75 Å². The maximum atomic E-state index is 14.1. The lowest BCUT2D eigenvalue weighted by molar-refractivity contribution is -0.148. The van der Waals surface area contributed by atoms with Crippen LogP contribution in [0.15, 0.2) is 28.7 Å². The van der Waals surface area contributed by atoms with Gasteiger partial charge in [0, 0.05) is 43.4 Å². The SMILES string of the molecule is CN(C)c1cc(CN2CCCCC2)c(O)c2c1C[C@H]1C[C@@H]3[C@H](N(C)C)C(O)=C(C(N)=O)C(=O)[C@@]3(O)C(O)=C1C2=O. The number of primary amides is 1. The number of hydrogen-bond donors (Lipinski definition) is 5. The molecule has 0 saturated carbocycles. The largest absolute Gasteiger partial charge is 0.510 e. The van der Waals surface area contributed by atoms with Crippen molar-refractivity contribution < 1.29 is 34.8 Å². The van der Waals surface area contributed by atoms with Crippen LogP contribution in [0, 0.1) is 11.8 Å². The number of nitrogens with two attached hydrogens (primary N) is 1. The molecule has 6 N–H and O–H groups in total. The Balaban J connectivity index is 1.67. The molecule has 1 amide bonds. The van der Waals surface area contributed by atoms with Crippen LogP contribution in [0.4, 0.5) is 5.69 Å². The number of allylic oxidation sites excluding steroid dienone is 1. The van der Waals surface area contributed by atoms with Crippen LogP contribution in [0.25, 0.3) is 0 Å². The first kappa shape index (κ1) is 28.1. The molecule has 216 valence electrons. The Kier molecular flexibility index (Phi) is 6.96.